The van der Waals surface area contributed by atoms with Crippen LogP contribution in [0.5, 0.6) is 5.75 Å². The predicted molar refractivity (Wildman–Crippen MR) is 142 cm³/mol. The number of hydrogen-bond donors (Lipinski definition) is 2. The van der Waals surface area contributed by atoms with Gasteiger partial charge in [-0.2, -0.15) is 0 Å². The van der Waals surface area contributed by atoms with Crippen LogP contribution in [0.15, 0.2) is 77.3 Å². The normalized spacial score (nSPS) is 11.2. The summed E-state index contributed by atoms with van der Waals surface area (Å²) in [4.78, 5) is 23.5. The number of rotatable bonds is 8. The quantitative estimate of drug-likeness (QED) is 0.264. The van der Waals surface area contributed by atoms with Crippen LogP contribution >= 0.6 is 0 Å². The lowest BCUT2D eigenvalue weighted by molar-refractivity contribution is -0.136. The minimum Gasteiger partial charge on any atom is -0.481 e. The highest BCUT2D eigenvalue weighted by atomic mass is 19.1. The molecule has 0 saturated heterocycles. The summed E-state index contributed by atoms with van der Waals surface area (Å²) in [6.45, 7) is 3.34. The van der Waals surface area contributed by atoms with Crippen molar-refractivity contribution in [3.63, 3.8) is 0 Å². The Balaban J connectivity index is 1.39. The molecule has 4 rings (SSSR count). The fraction of sp³-hybridized carbons (Fsp3) is 0.167. The first-order valence-corrected chi connectivity index (χ1v) is 12.0. The number of halogens is 1. The minimum absolute atomic E-state index is 0.0845. The maximum atomic E-state index is 14.0. The molecule has 39 heavy (non-hydrogen) atoms. The van der Waals surface area contributed by atoms with Gasteiger partial charge in [0.25, 0.3) is 0 Å². The molecule has 0 radical (unpaired) electrons. The Morgan fingerprint density at radius 1 is 1.08 bits per heavy atom. The molecule has 9 heteroatoms. The molecule has 1 amide bonds. The van der Waals surface area contributed by atoms with E-state index in [9.17, 15) is 14.0 Å². The van der Waals surface area contributed by atoms with Gasteiger partial charge < -0.3 is 19.1 Å². The first-order valence-electron chi connectivity index (χ1n) is 12.0. The second kappa shape index (κ2) is 12.4. The van der Waals surface area contributed by atoms with E-state index in [1.807, 2.05) is 0 Å². The number of carboxylic acid groups (broad SMARTS) is 1. The molecule has 1 aromatic heterocycles. The number of ether oxygens (including phenoxy) is 2. The average molecular weight is 529 g/mol. The number of nitrogens with one attached hydrogen (secondary N) is 1. The number of carboxylic acids is 1. The lowest BCUT2D eigenvalue weighted by Crippen LogP contribution is -2.17. The summed E-state index contributed by atoms with van der Waals surface area (Å²) in [5.41, 5.74) is 3.00. The molecule has 3 aromatic carbocycles. The lowest BCUT2D eigenvalue weighted by Gasteiger charge is -2.15. The molecular weight excluding hydrogens is 503 g/mol. The van der Waals surface area contributed by atoms with Crippen molar-refractivity contribution in [3.05, 3.63) is 101 Å². The maximum Gasteiger partial charge on any atom is 0.412 e. The third-order valence-corrected chi connectivity index (χ3v) is 5.71. The number of aryl methyl sites for hydroxylation is 1. The molecule has 2 N–H and O–H groups in total. The van der Waals surface area contributed by atoms with E-state index in [2.05, 4.69) is 22.3 Å². The number of aliphatic carboxylic acids is 1. The zero-order valence-electron chi connectivity index (χ0n) is 21.2. The van der Waals surface area contributed by atoms with Gasteiger partial charge in [-0.3, -0.25) is 10.1 Å². The molecular formula is C30H25FN2O6. The van der Waals surface area contributed by atoms with Crippen molar-refractivity contribution in [1.29, 1.82) is 0 Å². The first kappa shape index (κ1) is 26.9. The molecule has 1 atom stereocenters. The van der Waals surface area contributed by atoms with Crippen LogP contribution in [0.2, 0.25) is 0 Å². The average Bonchev–Trinajstić information content (AvgIpc) is 3.27. The van der Waals surface area contributed by atoms with Crippen LogP contribution in [-0.2, 0) is 16.0 Å². The van der Waals surface area contributed by atoms with E-state index in [1.54, 1.807) is 80.6 Å². The van der Waals surface area contributed by atoms with Gasteiger partial charge in [0.2, 0.25) is 0 Å². The molecule has 8 nitrogen and oxygen atoms in total. The molecule has 0 saturated carbocycles. The number of anilines is 1. The van der Waals surface area contributed by atoms with E-state index < -0.39 is 24.0 Å². The second-order valence-electron chi connectivity index (χ2n) is 8.51. The van der Waals surface area contributed by atoms with Crippen molar-refractivity contribution in [3.8, 4) is 28.9 Å². The van der Waals surface area contributed by atoms with Gasteiger partial charge in [-0.1, -0.05) is 53.4 Å². The van der Waals surface area contributed by atoms with Crippen molar-refractivity contribution in [2.24, 2.45) is 0 Å². The van der Waals surface area contributed by atoms with Crippen molar-refractivity contribution >= 4 is 17.7 Å². The highest BCUT2D eigenvalue weighted by Gasteiger charge is 2.21. The van der Waals surface area contributed by atoms with E-state index >= 15 is 0 Å². The van der Waals surface area contributed by atoms with Crippen LogP contribution in [0.3, 0.4) is 0 Å². The SMILES string of the molecule is Cc1noc(-c2ccc(C#CCOc3ccccc3CC(=O)O)cc2)c1NC(=O)OC(C)c1ccccc1F. The summed E-state index contributed by atoms with van der Waals surface area (Å²) < 4.78 is 30.4. The highest BCUT2D eigenvalue weighted by Crippen LogP contribution is 2.31. The number of para-hydroxylation sites is 1. The smallest absolute Gasteiger partial charge is 0.412 e. The number of aromatic nitrogens is 1. The summed E-state index contributed by atoms with van der Waals surface area (Å²) in [5.74, 6) is 5.31. The Kier molecular flexibility index (Phi) is 8.59. The van der Waals surface area contributed by atoms with Gasteiger partial charge in [0.1, 0.15) is 35.7 Å². The Bertz CT molecular complexity index is 1540. The molecule has 0 spiro atoms. The Hall–Kier alpha value is -5.10. The van der Waals surface area contributed by atoms with Crippen LogP contribution in [0.25, 0.3) is 11.3 Å². The zero-order chi connectivity index (χ0) is 27.8. The fourth-order valence-corrected chi connectivity index (χ4v) is 3.78. The monoisotopic (exact) mass is 528 g/mol. The standard InChI is InChI=1S/C30H25FN2O6/c1-19-28(32-30(36)38-20(2)24-10-4-5-11-25(24)31)29(39-33-19)22-15-13-21(14-16-22)8-7-17-37-26-12-6-3-9-23(26)18-27(34)35/h3-6,9-16,20H,17-18H2,1-2H3,(H,32,36)(H,34,35). The molecule has 1 unspecified atom stereocenters. The van der Waals surface area contributed by atoms with Gasteiger partial charge in [-0.15, -0.1) is 0 Å². The number of carbonyl (C=O) groups is 2. The van der Waals surface area contributed by atoms with E-state index in [4.69, 9.17) is 19.1 Å². The molecule has 0 aliphatic carbocycles. The highest BCUT2D eigenvalue weighted by molar-refractivity contribution is 5.90. The van der Waals surface area contributed by atoms with Crippen LogP contribution < -0.4 is 10.1 Å². The second-order valence-corrected chi connectivity index (χ2v) is 8.51. The third-order valence-electron chi connectivity index (χ3n) is 5.71. The number of carbonyl (C=O) groups excluding carboxylic acids is 1. The van der Waals surface area contributed by atoms with Gasteiger partial charge in [0.05, 0.1) is 6.42 Å². The molecule has 4 aromatic rings. The van der Waals surface area contributed by atoms with Crippen LogP contribution in [-0.4, -0.2) is 28.9 Å². The number of hydrogen-bond acceptors (Lipinski definition) is 6. The Morgan fingerprint density at radius 3 is 2.54 bits per heavy atom. The topological polar surface area (TPSA) is 111 Å². The molecule has 198 valence electrons. The summed E-state index contributed by atoms with van der Waals surface area (Å²) >= 11 is 0. The predicted octanol–water partition coefficient (Wildman–Crippen LogP) is 6.16. The number of nitrogens with zero attached hydrogens (tertiary/aromatic N) is 1. The van der Waals surface area contributed by atoms with Gasteiger partial charge >= 0.3 is 12.1 Å². The van der Waals surface area contributed by atoms with Crippen molar-refractivity contribution in [2.75, 3.05) is 11.9 Å². The van der Waals surface area contributed by atoms with E-state index in [0.29, 0.717) is 39.6 Å². The number of amides is 1. The Labute approximate surface area is 224 Å². The van der Waals surface area contributed by atoms with Gasteiger partial charge in [0.15, 0.2) is 5.76 Å². The molecule has 1 heterocycles. The number of benzene rings is 3. The van der Waals surface area contributed by atoms with Crippen molar-refractivity contribution < 1.29 is 33.1 Å². The molecule has 0 fully saturated rings. The van der Waals surface area contributed by atoms with Crippen molar-refractivity contribution in [2.45, 2.75) is 26.4 Å². The maximum absolute atomic E-state index is 14.0. The largest absolute Gasteiger partial charge is 0.481 e. The van der Waals surface area contributed by atoms with Gasteiger partial charge in [0, 0.05) is 22.3 Å². The van der Waals surface area contributed by atoms with Crippen LogP contribution in [0.1, 0.15) is 35.4 Å². The molecule has 0 aliphatic heterocycles. The zero-order valence-corrected chi connectivity index (χ0v) is 21.2. The lowest BCUT2D eigenvalue weighted by atomic mass is 10.1. The fourth-order valence-electron chi connectivity index (χ4n) is 3.78. The molecule has 0 bridgehead atoms. The van der Waals surface area contributed by atoms with E-state index in [0.717, 1.165) is 0 Å². The van der Waals surface area contributed by atoms with Crippen LogP contribution in [0, 0.1) is 24.6 Å². The van der Waals surface area contributed by atoms with Crippen LogP contribution in [0.4, 0.5) is 14.9 Å². The summed E-state index contributed by atoms with van der Waals surface area (Å²) in [6.07, 6.45) is -1.71. The van der Waals surface area contributed by atoms with Gasteiger partial charge in [-0.25, -0.2) is 9.18 Å². The minimum atomic E-state index is -0.938. The third kappa shape index (κ3) is 7.02. The Morgan fingerprint density at radius 2 is 1.79 bits per heavy atom. The summed E-state index contributed by atoms with van der Waals surface area (Å²) in [7, 11) is 0. The first-order chi connectivity index (χ1) is 18.8. The van der Waals surface area contributed by atoms with Gasteiger partial charge in [-0.05, 0) is 50.2 Å². The molecule has 0 aliphatic rings. The van der Waals surface area contributed by atoms with E-state index in [1.165, 1.54) is 6.07 Å². The van der Waals surface area contributed by atoms with E-state index in [-0.39, 0.29) is 18.6 Å². The van der Waals surface area contributed by atoms with Crippen molar-refractivity contribution in [1.82, 2.24) is 5.16 Å². The summed E-state index contributed by atoms with van der Waals surface area (Å²) in [6, 6.07) is 20.1. The summed E-state index contributed by atoms with van der Waals surface area (Å²) in [5, 5.41) is 15.6.